The summed E-state index contributed by atoms with van der Waals surface area (Å²) in [5.74, 6) is 0.480. The van der Waals surface area contributed by atoms with Crippen LogP contribution < -0.4 is 15.0 Å². The van der Waals surface area contributed by atoms with Gasteiger partial charge in [-0.1, -0.05) is 17.7 Å². The van der Waals surface area contributed by atoms with Crippen LogP contribution in [0.3, 0.4) is 0 Å². The van der Waals surface area contributed by atoms with Gasteiger partial charge in [-0.25, -0.2) is 4.79 Å². The van der Waals surface area contributed by atoms with Crippen molar-refractivity contribution in [1.29, 1.82) is 0 Å². The van der Waals surface area contributed by atoms with Crippen LogP contribution in [0.5, 0.6) is 5.75 Å². The maximum absolute atomic E-state index is 12.6. The zero-order valence-corrected chi connectivity index (χ0v) is 15.4. The predicted molar refractivity (Wildman–Crippen MR) is 102 cm³/mol. The zero-order chi connectivity index (χ0) is 18.7. The monoisotopic (exact) mass is 373 g/mol. The number of halogens is 1. The number of nitrogens with zero attached hydrogens (tertiary/aromatic N) is 2. The van der Waals surface area contributed by atoms with Gasteiger partial charge in [0.2, 0.25) is 5.91 Å². The van der Waals surface area contributed by atoms with Crippen LogP contribution in [-0.4, -0.2) is 43.6 Å². The molecular formula is C19H20ClN3O3. The largest absolute Gasteiger partial charge is 0.497 e. The first-order valence-electron chi connectivity index (χ1n) is 8.25. The van der Waals surface area contributed by atoms with Crippen LogP contribution in [0.15, 0.2) is 42.5 Å². The van der Waals surface area contributed by atoms with E-state index in [-0.39, 0.29) is 18.5 Å². The smallest absolute Gasteiger partial charge is 0.325 e. The highest BCUT2D eigenvalue weighted by Gasteiger charge is 2.30. The summed E-state index contributed by atoms with van der Waals surface area (Å²) in [4.78, 5) is 28.1. The van der Waals surface area contributed by atoms with Gasteiger partial charge in [-0.3, -0.25) is 9.69 Å². The minimum absolute atomic E-state index is 0.00254. The van der Waals surface area contributed by atoms with E-state index in [0.717, 1.165) is 17.0 Å². The second kappa shape index (κ2) is 7.66. The maximum atomic E-state index is 12.6. The molecule has 26 heavy (non-hydrogen) atoms. The fourth-order valence-corrected chi connectivity index (χ4v) is 3.01. The van der Waals surface area contributed by atoms with Gasteiger partial charge < -0.3 is 15.0 Å². The number of hydrogen-bond donors (Lipinski definition) is 1. The Kier molecular flexibility index (Phi) is 5.32. The number of ether oxygens (including phenoxy) is 1. The van der Waals surface area contributed by atoms with Crippen molar-refractivity contribution in [2.24, 2.45) is 0 Å². The molecule has 136 valence electrons. The average molecular weight is 374 g/mol. The van der Waals surface area contributed by atoms with Crippen LogP contribution in [0.2, 0.25) is 5.02 Å². The number of rotatable bonds is 5. The molecule has 0 bridgehead atoms. The first kappa shape index (κ1) is 18.1. The second-order valence-electron chi connectivity index (χ2n) is 6.01. The quantitative estimate of drug-likeness (QED) is 0.872. The number of amides is 3. The van der Waals surface area contributed by atoms with E-state index in [1.807, 2.05) is 19.1 Å². The Hall–Kier alpha value is -2.73. The summed E-state index contributed by atoms with van der Waals surface area (Å²) >= 11 is 6.07. The topological polar surface area (TPSA) is 61.9 Å². The number of benzene rings is 2. The van der Waals surface area contributed by atoms with Crippen molar-refractivity contribution in [2.75, 3.05) is 37.0 Å². The maximum Gasteiger partial charge on any atom is 0.325 e. The molecule has 6 nitrogen and oxygen atoms in total. The van der Waals surface area contributed by atoms with Crippen molar-refractivity contribution in [3.05, 3.63) is 53.1 Å². The number of urea groups is 1. The first-order chi connectivity index (χ1) is 12.5. The minimum Gasteiger partial charge on any atom is -0.497 e. The predicted octanol–water partition coefficient (Wildman–Crippen LogP) is 3.54. The molecule has 0 unspecified atom stereocenters. The van der Waals surface area contributed by atoms with Gasteiger partial charge in [-0.15, -0.1) is 0 Å². The molecule has 1 fully saturated rings. The molecule has 7 heteroatoms. The van der Waals surface area contributed by atoms with Gasteiger partial charge in [0, 0.05) is 29.5 Å². The molecule has 1 N–H and O–H groups in total. The Balaban J connectivity index is 1.63. The van der Waals surface area contributed by atoms with E-state index in [1.165, 1.54) is 4.90 Å². The van der Waals surface area contributed by atoms with E-state index in [4.69, 9.17) is 16.3 Å². The number of nitrogens with one attached hydrogen (secondary N) is 1. The summed E-state index contributed by atoms with van der Waals surface area (Å²) in [6, 6.07) is 12.4. The minimum atomic E-state index is -0.250. The molecule has 3 rings (SSSR count). The molecule has 2 aromatic carbocycles. The third kappa shape index (κ3) is 3.75. The Morgan fingerprint density at radius 3 is 2.62 bits per heavy atom. The Morgan fingerprint density at radius 2 is 1.92 bits per heavy atom. The van der Waals surface area contributed by atoms with Crippen molar-refractivity contribution in [3.8, 4) is 5.75 Å². The lowest BCUT2D eigenvalue weighted by atomic mass is 10.2. The van der Waals surface area contributed by atoms with Crippen LogP contribution in [0, 0.1) is 6.92 Å². The fourth-order valence-electron chi connectivity index (χ4n) is 2.84. The van der Waals surface area contributed by atoms with Gasteiger partial charge in [0.05, 0.1) is 7.11 Å². The summed E-state index contributed by atoms with van der Waals surface area (Å²) in [5.41, 5.74) is 2.24. The number of carbonyl (C=O) groups is 2. The fraction of sp³-hybridized carbons (Fsp3) is 0.263. The number of anilines is 2. The van der Waals surface area contributed by atoms with E-state index in [2.05, 4.69) is 5.32 Å². The molecule has 1 heterocycles. The van der Waals surface area contributed by atoms with E-state index in [1.54, 1.807) is 42.3 Å². The average Bonchev–Trinajstić information content (AvgIpc) is 2.99. The van der Waals surface area contributed by atoms with Gasteiger partial charge in [0.15, 0.2) is 0 Å². The van der Waals surface area contributed by atoms with Crippen molar-refractivity contribution in [1.82, 2.24) is 4.90 Å². The molecular weight excluding hydrogens is 354 g/mol. The molecule has 3 amide bonds. The molecule has 1 aliphatic rings. The highest BCUT2D eigenvalue weighted by molar-refractivity contribution is 6.31. The summed E-state index contributed by atoms with van der Waals surface area (Å²) in [7, 11) is 1.60. The van der Waals surface area contributed by atoms with Crippen molar-refractivity contribution in [3.63, 3.8) is 0 Å². The van der Waals surface area contributed by atoms with Crippen LogP contribution >= 0.6 is 11.6 Å². The highest BCUT2D eigenvalue weighted by atomic mass is 35.5. The summed E-state index contributed by atoms with van der Waals surface area (Å²) in [6.45, 7) is 2.86. The lowest BCUT2D eigenvalue weighted by molar-refractivity contribution is -0.116. The normalized spacial score (nSPS) is 13.9. The lowest BCUT2D eigenvalue weighted by Gasteiger charge is -2.19. The second-order valence-corrected chi connectivity index (χ2v) is 6.42. The molecule has 0 aliphatic carbocycles. The Labute approximate surface area is 157 Å². The molecule has 0 spiro atoms. The number of hydrogen-bond acceptors (Lipinski definition) is 3. The van der Waals surface area contributed by atoms with Gasteiger partial charge in [-0.05, 0) is 48.9 Å². The van der Waals surface area contributed by atoms with Gasteiger partial charge in [-0.2, -0.15) is 0 Å². The summed E-state index contributed by atoms with van der Waals surface area (Å²) in [6.07, 6.45) is 0. The molecule has 1 saturated heterocycles. The van der Waals surface area contributed by atoms with Crippen LogP contribution in [0.25, 0.3) is 0 Å². The van der Waals surface area contributed by atoms with Gasteiger partial charge in [0.1, 0.15) is 12.3 Å². The van der Waals surface area contributed by atoms with Crippen molar-refractivity contribution < 1.29 is 14.3 Å². The van der Waals surface area contributed by atoms with E-state index < -0.39 is 0 Å². The third-order valence-corrected chi connectivity index (χ3v) is 4.76. The standard InChI is InChI=1S/C19H20ClN3O3/c1-13-16(20)4-3-5-17(13)21-18(24)12-22-10-11-23(19(22)25)14-6-8-15(26-2)9-7-14/h3-9H,10-12H2,1-2H3,(H,21,24). The summed E-state index contributed by atoms with van der Waals surface area (Å²) in [5, 5.41) is 3.40. The van der Waals surface area contributed by atoms with E-state index >= 15 is 0 Å². The van der Waals surface area contributed by atoms with Gasteiger partial charge in [0.25, 0.3) is 0 Å². The van der Waals surface area contributed by atoms with E-state index in [9.17, 15) is 9.59 Å². The Bertz CT molecular complexity index is 823. The van der Waals surface area contributed by atoms with Gasteiger partial charge >= 0.3 is 6.03 Å². The van der Waals surface area contributed by atoms with Crippen molar-refractivity contribution in [2.45, 2.75) is 6.92 Å². The molecule has 0 saturated carbocycles. The number of carbonyl (C=O) groups excluding carboxylic acids is 2. The first-order valence-corrected chi connectivity index (χ1v) is 8.63. The van der Waals surface area contributed by atoms with E-state index in [0.29, 0.717) is 23.8 Å². The summed E-state index contributed by atoms with van der Waals surface area (Å²) < 4.78 is 5.13. The molecule has 1 aliphatic heterocycles. The zero-order valence-electron chi connectivity index (χ0n) is 14.7. The molecule has 0 radical (unpaired) electrons. The SMILES string of the molecule is COc1ccc(N2CCN(CC(=O)Nc3cccc(Cl)c3C)C2=O)cc1. The third-order valence-electron chi connectivity index (χ3n) is 4.36. The Morgan fingerprint density at radius 1 is 1.19 bits per heavy atom. The van der Waals surface area contributed by atoms with Crippen molar-refractivity contribution >= 4 is 34.9 Å². The van der Waals surface area contributed by atoms with Crippen LogP contribution in [0.4, 0.5) is 16.2 Å². The molecule has 0 atom stereocenters. The molecule has 2 aromatic rings. The molecule has 0 aromatic heterocycles. The van der Waals surface area contributed by atoms with Crippen LogP contribution in [0.1, 0.15) is 5.56 Å². The number of methoxy groups -OCH3 is 1. The highest BCUT2D eigenvalue weighted by Crippen LogP contribution is 2.24. The lowest BCUT2D eigenvalue weighted by Crippen LogP contribution is -2.37. The van der Waals surface area contributed by atoms with Crippen LogP contribution in [-0.2, 0) is 4.79 Å².